The van der Waals surface area contributed by atoms with Gasteiger partial charge in [0.05, 0.1) is 6.20 Å². The smallest absolute Gasteiger partial charge is 0.324 e. The highest BCUT2D eigenvalue weighted by molar-refractivity contribution is 6.04. The Morgan fingerprint density at radius 1 is 1.19 bits per heavy atom. The molecular formula is C23H23FN6O2. The Hall–Kier alpha value is -3.75. The number of aryl methyl sites for hydroxylation is 2. The molecule has 5 rings (SSSR count). The zero-order chi connectivity index (χ0) is 22.2. The van der Waals surface area contributed by atoms with Gasteiger partial charge in [-0.15, -0.1) is 0 Å². The molecule has 8 nitrogen and oxygen atoms in total. The molecule has 4 heterocycles. The standard InChI is InChI=1S/C23H23FN6O2/c1-14-5-10-30-19(13-25-20(30)11-14)22(31)26-18-12-16(4-3-15(18)2)21-27-23(32-28-21)29-8-6-17(24)7-9-29/h3-5,10-13,17H,6-9H2,1-2H3,(H,26,31). The summed E-state index contributed by atoms with van der Waals surface area (Å²) in [4.78, 5) is 23.7. The number of alkyl halides is 1. The van der Waals surface area contributed by atoms with Crippen molar-refractivity contribution in [3.63, 3.8) is 0 Å². The minimum atomic E-state index is -0.770. The van der Waals surface area contributed by atoms with Gasteiger partial charge in [-0.2, -0.15) is 4.98 Å². The number of nitrogens with zero attached hydrogens (tertiary/aromatic N) is 5. The minimum Gasteiger partial charge on any atom is -0.324 e. The quantitative estimate of drug-likeness (QED) is 0.518. The number of pyridine rings is 1. The lowest BCUT2D eigenvalue weighted by atomic mass is 10.1. The highest BCUT2D eigenvalue weighted by Crippen LogP contribution is 2.27. The number of carbonyl (C=O) groups is 1. The Morgan fingerprint density at radius 2 is 2.00 bits per heavy atom. The van der Waals surface area contributed by atoms with Crippen molar-refractivity contribution in [3.05, 3.63) is 59.5 Å². The molecule has 0 bridgehead atoms. The number of benzene rings is 1. The van der Waals surface area contributed by atoms with E-state index >= 15 is 0 Å². The van der Waals surface area contributed by atoms with Crippen molar-refractivity contribution >= 4 is 23.3 Å². The molecule has 1 saturated heterocycles. The van der Waals surface area contributed by atoms with Crippen LogP contribution in [0.5, 0.6) is 0 Å². The molecule has 32 heavy (non-hydrogen) atoms. The van der Waals surface area contributed by atoms with Gasteiger partial charge < -0.3 is 14.7 Å². The van der Waals surface area contributed by atoms with Gasteiger partial charge in [0.1, 0.15) is 17.5 Å². The van der Waals surface area contributed by atoms with Gasteiger partial charge in [0.2, 0.25) is 5.82 Å². The van der Waals surface area contributed by atoms with Gasteiger partial charge in [-0.25, -0.2) is 9.37 Å². The van der Waals surface area contributed by atoms with Crippen LogP contribution in [0.3, 0.4) is 0 Å². The fourth-order valence-corrected chi connectivity index (χ4v) is 3.83. The molecule has 1 amide bonds. The number of piperidine rings is 1. The third kappa shape index (κ3) is 3.81. The molecule has 1 aliphatic heterocycles. The molecule has 1 N–H and O–H groups in total. The Balaban J connectivity index is 1.38. The number of imidazole rings is 1. The van der Waals surface area contributed by atoms with Crippen LogP contribution in [0.4, 0.5) is 16.1 Å². The SMILES string of the molecule is Cc1ccn2c(C(=O)Nc3cc(-c4noc(N5CCC(F)CC5)n4)ccc3C)cnc2c1. The predicted octanol–water partition coefficient (Wildman–Crippen LogP) is 4.19. The Labute approximate surface area is 184 Å². The van der Waals surface area contributed by atoms with Gasteiger partial charge in [0, 0.05) is 30.5 Å². The van der Waals surface area contributed by atoms with Crippen LogP contribution in [-0.4, -0.2) is 44.7 Å². The monoisotopic (exact) mass is 434 g/mol. The van der Waals surface area contributed by atoms with E-state index < -0.39 is 6.17 Å². The van der Waals surface area contributed by atoms with Crippen LogP contribution in [0, 0.1) is 13.8 Å². The molecule has 9 heteroatoms. The number of hydrogen-bond acceptors (Lipinski definition) is 6. The number of carbonyl (C=O) groups excluding carboxylic acids is 1. The molecule has 0 aliphatic carbocycles. The first-order valence-electron chi connectivity index (χ1n) is 10.6. The second kappa shape index (κ2) is 8.07. The fraction of sp³-hybridized carbons (Fsp3) is 0.304. The Morgan fingerprint density at radius 3 is 2.81 bits per heavy atom. The summed E-state index contributed by atoms with van der Waals surface area (Å²) in [6.07, 6.45) is 3.55. The fourth-order valence-electron chi connectivity index (χ4n) is 3.83. The van der Waals surface area contributed by atoms with Crippen LogP contribution in [0.1, 0.15) is 34.5 Å². The minimum absolute atomic E-state index is 0.260. The highest BCUT2D eigenvalue weighted by atomic mass is 19.1. The number of hydrogen-bond donors (Lipinski definition) is 1. The lowest BCUT2D eigenvalue weighted by Crippen LogP contribution is -2.34. The maximum absolute atomic E-state index is 13.4. The normalized spacial score (nSPS) is 14.8. The first-order valence-corrected chi connectivity index (χ1v) is 10.6. The number of rotatable bonds is 4. The van der Waals surface area contributed by atoms with Gasteiger partial charge >= 0.3 is 6.01 Å². The topological polar surface area (TPSA) is 88.6 Å². The van der Waals surface area contributed by atoms with Gasteiger partial charge in [0.15, 0.2) is 0 Å². The first kappa shape index (κ1) is 20.2. The zero-order valence-corrected chi connectivity index (χ0v) is 17.9. The molecule has 0 radical (unpaired) electrons. The second-order valence-corrected chi connectivity index (χ2v) is 8.12. The van der Waals surface area contributed by atoms with E-state index in [-0.39, 0.29) is 5.91 Å². The van der Waals surface area contributed by atoms with E-state index in [4.69, 9.17) is 4.52 Å². The molecule has 1 aromatic carbocycles. The summed E-state index contributed by atoms with van der Waals surface area (Å²) in [6.45, 7) is 5.00. The Bertz CT molecular complexity index is 1290. The van der Waals surface area contributed by atoms with E-state index in [2.05, 4.69) is 20.4 Å². The molecular weight excluding hydrogens is 411 g/mol. The van der Waals surface area contributed by atoms with E-state index in [0.29, 0.717) is 49.2 Å². The molecule has 0 unspecified atom stereocenters. The van der Waals surface area contributed by atoms with E-state index in [1.807, 2.05) is 55.3 Å². The molecule has 4 aromatic rings. The zero-order valence-electron chi connectivity index (χ0n) is 17.9. The van der Waals surface area contributed by atoms with Crippen molar-refractivity contribution in [2.45, 2.75) is 32.9 Å². The lowest BCUT2D eigenvalue weighted by molar-refractivity contribution is 0.102. The van der Waals surface area contributed by atoms with Crippen molar-refractivity contribution in [2.75, 3.05) is 23.3 Å². The molecule has 3 aromatic heterocycles. The van der Waals surface area contributed by atoms with E-state index in [9.17, 15) is 9.18 Å². The summed E-state index contributed by atoms with van der Waals surface area (Å²) in [7, 11) is 0. The average molecular weight is 434 g/mol. The van der Waals surface area contributed by atoms with Crippen molar-refractivity contribution < 1.29 is 13.7 Å². The summed E-state index contributed by atoms with van der Waals surface area (Å²) in [5, 5.41) is 7.05. The number of fused-ring (bicyclic) bond motifs is 1. The number of amides is 1. The molecule has 164 valence electrons. The van der Waals surface area contributed by atoms with Crippen molar-refractivity contribution in [2.24, 2.45) is 0 Å². The first-order chi connectivity index (χ1) is 15.5. The number of aromatic nitrogens is 4. The molecule has 1 aliphatic rings. The van der Waals surface area contributed by atoms with E-state index in [1.165, 1.54) is 0 Å². The largest absolute Gasteiger partial charge is 0.324 e. The van der Waals surface area contributed by atoms with Crippen LogP contribution < -0.4 is 10.2 Å². The van der Waals surface area contributed by atoms with Gasteiger partial charge in [-0.05, 0) is 56.0 Å². The Kier molecular flexibility index (Phi) is 5.08. The molecule has 0 atom stereocenters. The van der Waals surface area contributed by atoms with Gasteiger partial charge in [0.25, 0.3) is 5.91 Å². The highest BCUT2D eigenvalue weighted by Gasteiger charge is 2.23. The summed E-state index contributed by atoms with van der Waals surface area (Å²) in [5.41, 5.74) is 4.52. The van der Waals surface area contributed by atoms with Crippen LogP contribution in [0.15, 0.2) is 47.2 Å². The molecule has 0 saturated carbocycles. The maximum atomic E-state index is 13.4. The molecule has 1 fully saturated rings. The summed E-state index contributed by atoms with van der Waals surface area (Å²) >= 11 is 0. The van der Waals surface area contributed by atoms with Crippen molar-refractivity contribution in [3.8, 4) is 11.4 Å². The number of anilines is 2. The van der Waals surface area contributed by atoms with Crippen LogP contribution in [-0.2, 0) is 0 Å². The average Bonchev–Trinajstić information content (AvgIpc) is 3.43. The van der Waals surface area contributed by atoms with Crippen molar-refractivity contribution in [1.29, 1.82) is 0 Å². The summed E-state index contributed by atoms with van der Waals surface area (Å²) < 4.78 is 20.6. The van der Waals surface area contributed by atoms with Gasteiger partial charge in [-0.1, -0.05) is 17.3 Å². The summed E-state index contributed by atoms with van der Waals surface area (Å²) in [5.74, 6) is 0.160. The van der Waals surface area contributed by atoms with E-state index in [1.54, 1.807) is 10.6 Å². The number of nitrogens with one attached hydrogen (secondary N) is 1. The molecule has 0 spiro atoms. The lowest BCUT2D eigenvalue weighted by Gasteiger charge is -2.26. The van der Waals surface area contributed by atoms with E-state index in [0.717, 1.165) is 22.3 Å². The van der Waals surface area contributed by atoms with Crippen LogP contribution in [0.2, 0.25) is 0 Å². The predicted molar refractivity (Wildman–Crippen MR) is 119 cm³/mol. The third-order valence-electron chi connectivity index (χ3n) is 5.76. The third-order valence-corrected chi connectivity index (χ3v) is 5.76. The second-order valence-electron chi connectivity index (χ2n) is 8.12. The van der Waals surface area contributed by atoms with Crippen LogP contribution >= 0.6 is 0 Å². The summed E-state index contributed by atoms with van der Waals surface area (Å²) in [6, 6.07) is 9.84. The maximum Gasteiger partial charge on any atom is 0.324 e. The number of halogens is 1. The van der Waals surface area contributed by atoms with Crippen LogP contribution in [0.25, 0.3) is 17.0 Å². The van der Waals surface area contributed by atoms with Gasteiger partial charge in [-0.3, -0.25) is 9.20 Å². The van der Waals surface area contributed by atoms with Crippen molar-refractivity contribution in [1.82, 2.24) is 19.5 Å².